The number of alkyl halides is 3. The van der Waals surface area contributed by atoms with Gasteiger partial charge in [0.15, 0.2) is 0 Å². The van der Waals surface area contributed by atoms with Crippen LogP contribution < -0.4 is 10.0 Å². The molecule has 0 fully saturated rings. The smallest absolute Gasteiger partial charge is 0.320 e. The monoisotopic (exact) mass is 314 g/mol. The van der Waals surface area contributed by atoms with Crippen molar-refractivity contribution in [1.29, 1.82) is 0 Å². The van der Waals surface area contributed by atoms with E-state index < -0.39 is 33.3 Å². The van der Waals surface area contributed by atoms with Gasteiger partial charge in [-0.25, -0.2) is 12.8 Å². The lowest BCUT2D eigenvalue weighted by Crippen LogP contribution is -2.21. The lowest BCUT2D eigenvalue weighted by atomic mass is 10.2. The van der Waals surface area contributed by atoms with E-state index in [0.717, 1.165) is 0 Å². The first-order valence-electron chi connectivity index (χ1n) is 5.67. The highest BCUT2D eigenvalue weighted by molar-refractivity contribution is 7.92. The molecule has 0 saturated heterocycles. The first-order chi connectivity index (χ1) is 9.15. The van der Waals surface area contributed by atoms with E-state index in [-0.39, 0.29) is 12.2 Å². The van der Waals surface area contributed by atoms with Gasteiger partial charge in [0.05, 0.1) is 17.0 Å². The number of rotatable bonds is 6. The number of nitrogens with one attached hydrogen (secondary N) is 2. The van der Waals surface area contributed by atoms with Gasteiger partial charge < -0.3 is 5.32 Å². The zero-order valence-electron chi connectivity index (χ0n) is 10.6. The fourth-order valence-electron chi connectivity index (χ4n) is 1.44. The summed E-state index contributed by atoms with van der Waals surface area (Å²) in [4.78, 5) is 0. The molecular weight excluding hydrogens is 300 g/mol. The van der Waals surface area contributed by atoms with Crippen molar-refractivity contribution in [3.05, 3.63) is 29.6 Å². The summed E-state index contributed by atoms with van der Waals surface area (Å²) in [6.45, 7) is 0.423. The summed E-state index contributed by atoms with van der Waals surface area (Å²) in [5.74, 6) is -1.38. The SMILES string of the molecule is CNCCCS(=O)(=O)Nc1cc(C(F)(F)F)ccc1F. The van der Waals surface area contributed by atoms with Crippen LogP contribution in [0.1, 0.15) is 12.0 Å². The Hall–Kier alpha value is -1.35. The van der Waals surface area contributed by atoms with Crippen LogP contribution in [0.5, 0.6) is 0 Å². The molecule has 20 heavy (non-hydrogen) atoms. The van der Waals surface area contributed by atoms with Gasteiger partial charge in [-0.2, -0.15) is 13.2 Å². The fourth-order valence-corrected chi connectivity index (χ4v) is 2.56. The van der Waals surface area contributed by atoms with Crippen LogP contribution in [0, 0.1) is 5.82 Å². The zero-order chi connectivity index (χ0) is 15.4. The highest BCUT2D eigenvalue weighted by Crippen LogP contribution is 2.32. The fraction of sp³-hybridized carbons (Fsp3) is 0.455. The Morgan fingerprint density at radius 1 is 1.25 bits per heavy atom. The second-order valence-corrected chi connectivity index (χ2v) is 5.91. The third kappa shape index (κ3) is 4.97. The van der Waals surface area contributed by atoms with Crippen molar-refractivity contribution in [2.24, 2.45) is 0 Å². The summed E-state index contributed by atoms with van der Waals surface area (Å²) in [6.07, 6.45) is -4.41. The maximum atomic E-state index is 13.4. The number of benzene rings is 1. The normalized spacial score (nSPS) is 12.4. The molecule has 1 aromatic carbocycles. The zero-order valence-corrected chi connectivity index (χ0v) is 11.4. The Bertz CT molecular complexity index is 558. The average Bonchev–Trinajstić information content (AvgIpc) is 2.30. The van der Waals surface area contributed by atoms with Gasteiger partial charge in [-0.05, 0) is 38.2 Å². The predicted molar refractivity (Wildman–Crippen MR) is 67.4 cm³/mol. The maximum Gasteiger partial charge on any atom is 0.416 e. The van der Waals surface area contributed by atoms with Crippen LogP contribution in [0.15, 0.2) is 18.2 Å². The quantitative estimate of drug-likeness (QED) is 0.625. The van der Waals surface area contributed by atoms with Crippen molar-refractivity contribution in [3.63, 3.8) is 0 Å². The van der Waals surface area contributed by atoms with Gasteiger partial charge in [0, 0.05) is 0 Å². The van der Waals surface area contributed by atoms with Gasteiger partial charge in [-0.3, -0.25) is 4.72 Å². The molecule has 0 aliphatic rings. The second kappa shape index (κ2) is 6.40. The summed E-state index contributed by atoms with van der Waals surface area (Å²) < 4.78 is 75.8. The topological polar surface area (TPSA) is 58.2 Å². The van der Waals surface area contributed by atoms with E-state index in [0.29, 0.717) is 24.7 Å². The summed E-state index contributed by atoms with van der Waals surface area (Å²) in [7, 11) is -2.26. The molecule has 0 radical (unpaired) electrons. The minimum atomic E-state index is -4.67. The van der Waals surface area contributed by atoms with Crippen molar-refractivity contribution in [1.82, 2.24) is 5.32 Å². The first kappa shape index (κ1) is 16.7. The molecule has 0 amide bonds. The van der Waals surface area contributed by atoms with E-state index in [4.69, 9.17) is 0 Å². The Balaban J connectivity index is 2.91. The van der Waals surface area contributed by atoms with E-state index in [1.54, 1.807) is 7.05 Å². The van der Waals surface area contributed by atoms with Crippen molar-refractivity contribution >= 4 is 15.7 Å². The average molecular weight is 314 g/mol. The Kier molecular flexibility index (Phi) is 5.35. The minimum Gasteiger partial charge on any atom is -0.320 e. The van der Waals surface area contributed by atoms with Gasteiger partial charge in [0.2, 0.25) is 10.0 Å². The molecule has 0 atom stereocenters. The molecule has 0 saturated carbocycles. The van der Waals surface area contributed by atoms with E-state index in [9.17, 15) is 26.0 Å². The van der Waals surface area contributed by atoms with Crippen LogP contribution in [0.2, 0.25) is 0 Å². The van der Waals surface area contributed by atoms with Crippen LogP contribution in [-0.2, 0) is 16.2 Å². The predicted octanol–water partition coefficient (Wildman–Crippen LogP) is 2.20. The molecule has 0 aliphatic heterocycles. The van der Waals surface area contributed by atoms with Crippen LogP contribution in [0.3, 0.4) is 0 Å². The molecule has 4 nitrogen and oxygen atoms in total. The molecule has 0 heterocycles. The summed E-state index contributed by atoms with van der Waals surface area (Å²) in [5.41, 5.74) is -1.82. The highest BCUT2D eigenvalue weighted by atomic mass is 32.2. The molecule has 114 valence electrons. The van der Waals surface area contributed by atoms with Crippen molar-refractivity contribution in [2.75, 3.05) is 24.1 Å². The Morgan fingerprint density at radius 3 is 2.45 bits per heavy atom. The summed E-state index contributed by atoms with van der Waals surface area (Å²) in [6, 6.07) is 1.56. The summed E-state index contributed by atoms with van der Waals surface area (Å²) >= 11 is 0. The molecule has 9 heteroatoms. The number of halogens is 4. The third-order valence-corrected chi connectivity index (χ3v) is 3.76. The van der Waals surface area contributed by atoms with Crippen molar-refractivity contribution in [2.45, 2.75) is 12.6 Å². The number of hydrogen-bond donors (Lipinski definition) is 2. The van der Waals surface area contributed by atoms with Crippen LogP contribution in [0.25, 0.3) is 0 Å². The van der Waals surface area contributed by atoms with Gasteiger partial charge in [0.25, 0.3) is 0 Å². The third-order valence-electron chi connectivity index (χ3n) is 2.40. The first-order valence-corrected chi connectivity index (χ1v) is 7.33. The molecule has 0 bridgehead atoms. The summed E-state index contributed by atoms with van der Waals surface area (Å²) in [5, 5.41) is 2.73. The highest BCUT2D eigenvalue weighted by Gasteiger charge is 2.31. The minimum absolute atomic E-state index is 0.256. The lowest BCUT2D eigenvalue weighted by molar-refractivity contribution is -0.137. The molecule has 0 unspecified atom stereocenters. The molecule has 1 aromatic rings. The second-order valence-electron chi connectivity index (χ2n) is 4.07. The lowest BCUT2D eigenvalue weighted by Gasteiger charge is -2.12. The van der Waals surface area contributed by atoms with Crippen LogP contribution in [0.4, 0.5) is 23.2 Å². The van der Waals surface area contributed by atoms with Gasteiger partial charge in [-0.1, -0.05) is 0 Å². The molecule has 1 rings (SSSR count). The van der Waals surface area contributed by atoms with Crippen LogP contribution >= 0.6 is 0 Å². The molecule has 2 N–H and O–H groups in total. The maximum absolute atomic E-state index is 13.4. The molecule has 0 aliphatic carbocycles. The van der Waals surface area contributed by atoms with Crippen molar-refractivity contribution < 1.29 is 26.0 Å². The Labute approximate surface area is 114 Å². The molecule has 0 spiro atoms. The van der Waals surface area contributed by atoms with E-state index in [1.807, 2.05) is 4.72 Å². The number of sulfonamides is 1. The number of hydrogen-bond acceptors (Lipinski definition) is 3. The van der Waals surface area contributed by atoms with Crippen molar-refractivity contribution in [3.8, 4) is 0 Å². The standard InChI is InChI=1S/C11H14F4N2O2S/c1-16-5-2-6-20(18,19)17-10-7-8(11(13,14)15)3-4-9(10)12/h3-4,7,16-17H,2,5-6H2,1H3. The molecule has 0 aromatic heterocycles. The Morgan fingerprint density at radius 2 is 1.90 bits per heavy atom. The van der Waals surface area contributed by atoms with Crippen LogP contribution in [-0.4, -0.2) is 27.8 Å². The van der Waals surface area contributed by atoms with Gasteiger partial charge in [-0.15, -0.1) is 0 Å². The van der Waals surface area contributed by atoms with E-state index in [1.165, 1.54) is 0 Å². The van der Waals surface area contributed by atoms with Gasteiger partial charge in [0.1, 0.15) is 5.82 Å². The van der Waals surface area contributed by atoms with E-state index in [2.05, 4.69) is 5.32 Å². The van der Waals surface area contributed by atoms with Gasteiger partial charge >= 0.3 is 6.18 Å². The van der Waals surface area contributed by atoms with E-state index >= 15 is 0 Å². The molecular formula is C11H14F4N2O2S. The largest absolute Gasteiger partial charge is 0.416 e. The number of anilines is 1.